The molecule has 14 heavy (non-hydrogen) atoms. The van der Waals surface area contributed by atoms with E-state index >= 15 is 0 Å². The molecule has 0 bridgehead atoms. The van der Waals surface area contributed by atoms with Gasteiger partial charge in [0.2, 0.25) is 0 Å². The SMILES string of the molecule is COc1cccc(SC)c1CC(=O)O. The molecule has 4 heteroatoms. The zero-order chi connectivity index (χ0) is 10.6. The lowest BCUT2D eigenvalue weighted by atomic mass is 10.1. The molecule has 0 amide bonds. The normalized spacial score (nSPS) is 9.86. The number of thioether (sulfide) groups is 1. The minimum atomic E-state index is -0.843. The van der Waals surface area contributed by atoms with Gasteiger partial charge in [0, 0.05) is 10.5 Å². The van der Waals surface area contributed by atoms with Crippen molar-refractivity contribution in [3.8, 4) is 5.75 Å². The average molecular weight is 212 g/mol. The highest BCUT2D eigenvalue weighted by molar-refractivity contribution is 7.98. The van der Waals surface area contributed by atoms with Crippen molar-refractivity contribution in [2.75, 3.05) is 13.4 Å². The van der Waals surface area contributed by atoms with Gasteiger partial charge in [-0.05, 0) is 18.4 Å². The summed E-state index contributed by atoms with van der Waals surface area (Å²) in [6.45, 7) is 0. The molecule has 0 fully saturated rings. The predicted octanol–water partition coefficient (Wildman–Crippen LogP) is 2.04. The van der Waals surface area contributed by atoms with E-state index in [9.17, 15) is 4.79 Å². The third kappa shape index (κ3) is 2.42. The number of hydrogen-bond donors (Lipinski definition) is 1. The van der Waals surface area contributed by atoms with Crippen LogP contribution in [0.3, 0.4) is 0 Å². The molecular formula is C10H12O3S. The number of carboxylic acid groups (broad SMARTS) is 1. The Morgan fingerprint density at radius 1 is 1.57 bits per heavy atom. The molecule has 1 aromatic rings. The summed E-state index contributed by atoms with van der Waals surface area (Å²) >= 11 is 1.52. The van der Waals surface area contributed by atoms with Crippen LogP contribution in [0, 0.1) is 0 Å². The van der Waals surface area contributed by atoms with E-state index in [-0.39, 0.29) is 6.42 Å². The first-order valence-electron chi connectivity index (χ1n) is 4.10. The highest BCUT2D eigenvalue weighted by atomic mass is 32.2. The lowest BCUT2D eigenvalue weighted by Gasteiger charge is -2.10. The van der Waals surface area contributed by atoms with Gasteiger partial charge in [0.15, 0.2) is 0 Å². The summed E-state index contributed by atoms with van der Waals surface area (Å²) in [6, 6.07) is 5.53. The highest BCUT2D eigenvalue weighted by Crippen LogP contribution is 2.28. The van der Waals surface area contributed by atoms with Crippen LogP contribution in [0.5, 0.6) is 5.75 Å². The second kappa shape index (κ2) is 4.91. The number of methoxy groups -OCH3 is 1. The molecule has 0 heterocycles. The summed E-state index contributed by atoms with van der Waals surface area (Å²) in [4.78, 5) is 11.6. The second-order valence-electron chi connectivity index (χ2n) is 2.71. The van der Waals surface area contributed by atoms with Crippen molar-refractivity contribution in [3.63, 3.8) is 0 Å². The van der Waals surface area contributed by atoms with Gasteiger partial charge in [-0.15, -0.1) is 11.8 Å². The van der Waals surface area contributed by atoms with E-state index in [1.807, 2.05) is 18.4 Å². The van der Waals surface area contributed by atoms with Crippen LogP contribution in [-0.4, -0.2) is 24.4 Å². The molecule has 0 radical (unpaired) electrons. The summed E-state index contributed by atoms with van der Waals surface area (Å²) in [5.41, 5.74) is 0.745. The number of carboxylic acids is 1. The van der Waals surface area contributed by atoms with Gasteiger partial charge in [-0.3, -0.25) is 4.79 Å². The molecule has 0 spiro atoms. The van der Waals surface area contributed by atoms with Gasteiger partial charge < -0.3 is 9.84 Å². The molecule has 0 atom stereocenters. The van der Waals surface area contributed by atoms with Gasteiger partial charge in [-0.1, -0.05) is 6.07 Å². The van der Waals surface area contributed by atoms with Crippen molar-refractivity contribution in [3.05, 3.63) is 23.8 Å². The first-order chi connectivity index (χ1) is 6.69. The smallest absolute Gasteiger partial charge is 0.308 e. The Morgan fingerprint density at radius 2 is 2.29 bits per heavy atom. The van der Waals surface area contributed by atoms with Crippen LogP contribution in [0.2, 0.25) is 0 Å². The van der Waals surface area contributed by atoms with Gasteiger partial charge in [0.1, 0.15) is 5.75 Å². The van der Waals surface area contributed by atoms with Crippen molar-refractivity contribution < 1.29 is 14.6 Å². The predicted molar refractivity (Wildman–Crippen MR) is 56.1 cm³/mol. The molecular weight excluding hydrogens is 200 g/mol. The molecule has 0 saturated carbocycles. The maximum absolute atomic E-state index is 10.6. The van der Waals surface area contributed by atoms with Crippen LogP contribution in [0.15, 0.2) is 23.1 Å². The van der Waals surface area contributed by atoms with Crippen molar-refractivity contribution in [2.24, 2.45) is 0 Å². The van der Waals surface area contributed by atoms with E-state index in [0.29, 0.717) is 5.75 Å². The Kier molecular flexibility index (Phi) is 3.83. The Labute approximate surface area is 87.1 Å². The van der Waals surface area contributed by atoms with Gasteiger partial charge in [-0.2, -0.15) is 0 Å². The number of aliphatic carboxylic acids is 1. The van der Waals surface area contributed by atoms with Crippen LogP contribution in [0.4, 0.5) is 0 Å². The first kappa shape index (κ1) is 10.9. The number of carbonyl (C=O) groups is 1. The minimum absolute atomic E-state index is 0.000185. The van der Waals surface area contributed by atoms with Crippen molar-refractivity contribution >= 4 is 17.7 Å². The fourth-order valence-electron chi connectivity index (χ4n) is 1.25. The monoisotopic (exact) mass is 212 g/mol. The minimum Gasteiger partial charge on any atom is -0.496 e. The highest BCUT2D eigenvalue weighted by Gasteiger charge is 2.11. The maximum atomic E-state index is 10.6. The summed E-state index contributed by atoms with van der Waals surface area (Å²) in [5.74, 6) is -0.205. The summed E-state index contributed by atoms with van der Waals surface area (Å²) in [6.07, 6.45) is 1.92. The van der Waals surface area contributed by atoms with E-state index < -0.39 is 5.97 Å². The average Bonchev–Trinajstić information content (AvgIpc) is 2.17. The molecule has 0 aliphatic heterocycles. The van der Waals surface area contributed by atoms with Gasteiger partial charge in [0.25, 0.3) is 0 Å². The largest absolute Gasteiger partial charge is 0.496 e. The third-order valence-electron chi connectivity index (χ3n) is 1.86. The second-order valence-corrected chi connectivity index (χ2v) is 3.56. The van der Waals surface area contributed by atoms with Gasteiger partial charge in [-0.25, -0.2) is 0 Å². The molecule has 76 valence electrons. The van der Waals surface area contributed by atoms with Crippen molar-refractivity contribution in [1.82, 2.24) is 0 Å². The number of rotatable bonds is 4. The van der Waals surface area contributed by atoms with E-state index in [0.717, 1.165) is 10.5 Å². The fourth-order valence-corrected chi connectivity index (χ4v) is 1.89. The molecule has 0 aliphatic rings. The van der Waals surface area contributed by atoms with Crippen LogP contribution in [0.1, 0.15) is 5.56 Å². The van der Waals surface area contributed by atoms with Crippen molar-refractivity contribution in [1.29, 1.82) is 0 Å². The Hall–Kier alpha value is -1.16. The van der Waals surface area contributed by atoms with E-state index in [4.69, 9.17) is 9.84 Å². The summed E-state index contributed by atoms with van der Waals surface area (Å²) in [5, 5.41) is 8.74. The molecule has 1 aromatic carbocycles. The molecule has 0 unspecified atom stereocenters. The Bertz CT molecular complexity index is 314. The quantitative estimate of drug-likeness (QED) is 0.776. The van der Waals surface area contributed by atoms with Crippen LogP contribution < -0.4 is 4.74 Å². The van der Waals surface area contributed by atoms with Crippen LogP contribution >= 0.6 is 11.8 Å². The first-order valence-corrected chi connectivity index (χ1v) is 5.33. The summed E-state index contributed by atoms with van der Waals surface area (Å²) in [7, 11) is 1.55. The third-order valence-corrected chi connectivity index (χ3v) is 2.68. The standard InChI is InChI=1S/C10H12O3S/c1-13-8-4-3-5-9(14-2)7(8)6-10(11)12/h3-5H,6H2,1-2H3,(H,11,12). The molecule has 0 aliphatic carbocycles. The van der Waals surface area contributed by atoms with E-state index in [1.165, 1.54) is 11.8 Å². The van der Waals surface area contributed by atoms with E-state index in [2.05, 4.69) is 0 Å². The Morgan fingerprint density at radius 3 is 2.79 bits per heavy atom. The van der Waals surface area contributed by atoms with Crippen molar-refractivity contribution in [2.45, 2.75) is 11.3 Å². The fraction of sp³-hybridized carbons (Fsp3) is 0.300. The maximum Gasteiger partial charge on any atom is 0.308 e. The zero-order valence-electron chi connectivity index (χ0n) is 8.11. The zero-order valence-corrected chi connectivity index (χ0v) is 8.93. The molecule has 0 aromatic heterocycles. The van der Waals surface area contributed by atoms with Crippen LogP contribution in [0.25, 0.3) is 0 Å². The van der Waals surface area contributed by atoms with Gasteiger partial charge >= 0.3 is 5.97 Å². The topological polar surface area (TPSA) is 46.5 Å². The van der Waals surface area contributed by atoms with E-state index in [1.54, 1.807) is 13.2 Å². The van der Waals surface area contributed by atoms with Gasteiger partial charge in [0.05, 0.1) is 13.5 Å². The number of ether oxygens (including phenoxy) is 1. The Balaban J connectivity index is 3.12. The van der Waals surface area contributed by atoms with Crippen LogP contribution in [-0.2, 0) is 11.2 Å². The molecule has 1 N–H and O–H groups in total. The molecule has 3 nitrogen and oxygen atoms in total. The molecule has 1 rings (SSSR count). The molecule has 0 saturated heterocycles. The lowest BCUT2D eigenvalue weighted by Crippen LogP contribution is -2.03. The lowest BCUT2D eigenvalue weighted by molar-refractivity contribution is -0.136. The number of benzene rings is 1. The number of hydrogen-bond acceptors (Lipinski definition) is 3. The summed E-state index contributed by atoms with van der Waals surface area (Å²) < 4.78 is 5.11.